The van der Waals surface area contributed by atoms with Crippen molar-refractivity contribution in [3.05, 3.63) is 29.8 Å². The maximum Gasteiger partial charge on any atom is 0.416 e. The summed E-state index contributed by atoms with van der Waals surface area (Å²) in [7, 11) is -3.92. The maximum absolute atomic E-state index is 12.6. The molecule has 7 nitrogen and oxygen atoms in total. The minimum Gasteiger partial charge on any atom is -0.273 e. The van der Waals surface area contributed by atoms with Crippen molar-refractivity contribution in [1.29, 1.82) is 0 Å². The van der Waals surface area contributed by atoms with Crippen molar-refractivity contribution in [2.45, 2.75) is 57.0 Å². The molecule has 1 fully saturated rings. The zero-order valence-corrected chi connectivity index (χ0v) is 18.3. The molecule has 1 aromatic carbocycles. The van der Waals surface area contributed by atoms with Crippen LogP contribution < -0.4 is 15.6 Å². The van der Waals surface area contributed by atoms with Crippen LogP contribution in [0.5, 0.6) is 0 Å². The number of rotatable bonds is 7. The third-order valence-electron chi connectivity index (χ3n) is 5.19. The van der Waals surface area contributed by atoms with Crippen LogP contribution in [0.1, 0.15) is 51.5 Å². The minimum atomic E-state index is -4.53. The van der Waals surface area contributed by atoms with Gasteiger partial charge in [0, 0.05) is 18.9 Å². The Balaban J connectivity index is 1.78. The van der Waals surface area contributed by atoms with E-state index < -0.39 is 21.8 Å². The predicted octanol–water partition coefficient (Wildman–Crippen LogP) is 2.98. The summed E-state index contributed by atoms with van der Waals surface area (Å²) >= 11 is 0. The molecule has 0 aromatic heterocycles. The largest absolute Gasteiger partial charge is 0.416 e. The Hall–Kier alpha value is -2.14. The lowest BCUT2D eigenvalue weighted by Crippen LogP contribution is -2.45. The van der Waals surface area contributed by atoms with Gasteiger partial charge < -0.3 is 0 Å². The quantitative estimate of drug-likeness (QED) is 0.541. The second kappa shape index (κ2) is 10.4. The fraction of sp³-hybridized carbons (Fsp3) is 0.600. The van der Waals surface area contributed by atoms with E-state index >= 15 is 0 Å². The number of carbonyl (C=O) groups is 2. The fourth-order valence-electron chi connectivity index (χ4n) is 3.42. The number of hydrogen-bond donors (Lipinski definition) is 3. The molecule has 2 rings (SSSR count). The van der Waals surface area contributed by atoms with Crippen molar-refractivity contribution in [3.8, 4) is 0 Å². The molecular weight excluding hydrogens is 435 g/mol. The van der Waals surface area contributed by atoms with Crippen LogP contribution in [-0.4, -0.2) is 26.8 Å². The molecule has 174 valence electrons. The van der Waals surface area contributed by atoms with Gasteiger partial charge in [-0.1, -0.05) is 13.8 Å². The van der Waals surface area contributed by atoms with Crippen LogP contribution in [0.2, 0.25) is 0 Å². The van der Waals surface area contributed by atoms with Crippen molar-refractivity contribution in [2.24, 2.45) is 17.8 Å². The molecule has 0 saturated heterocycles. The van der Waals surface area contributed by atoms with Gasteiger partial charge in [-0.15, -0.1) is 0 Å². The van der Waals surface area contributed by atoms with E-state index in [4.69, 9.17) is 0 Å². The number of sulfonamides is 1. The first-order valence-electron chi connectivity index (χ1n) is 10.1. The summed E-state index contributed by atoms with van der Waals surface area (Å²) in [5, 5.41) is 0. The number of hydrazine groups is 1. The summed E-state index contributed by atoms with van der Waals surface area (Å²) < 4.78 is 65.0. The highest BCUT2D eigenvalue weighted by Crippen LogP contribution is 2.30. The number of carbonyl (C=O) groups excluding carboxylic acids is 2. The Bertz CT molecular complexity index is 863. The number of nitrogens with one attached hydrogen (secondary N) is 3. The number of benzene rings is 1. The predicted molar refractivity (Wildman–Crippen MR) is 108 cm³/mol. The molecule has 0 radical (unpaired) electrons. The van der Waals surface area contributed by atoms with Crippen LogP contribution in [0, 0.1) is 17.8 Å². The normalized spacial score (nSPS) is 19.8. The van der Waals surface area contributed by atoms with Crippen LogP contribution in [-0.2, 0) is 25.8 Å². The van der Waals surface area contributed by atoms with E-state index in [0.29, 0.717) is 32.1 Å². The van der Waals surface area contributed by atoms with Crippen molar-refractivity contribution < 1.29 is 31.2 Å². The molecule has 2 amide bonds. The summed E-state index contributed by atoms with van der Waals surface area (Å²) in [6.07, 6.45) is -1.87. The maximum atomic E-state index is 12.6. The van der Waals surface area contributed by atoms with Gasteiger partial charge >= 0.3 is 6.18 Å². The summed E-state index contributed by atoms with van der Waals surface area (Å²) in [5.74, 6) is -0.583. The lowest BCUT2D eigenvalue weighted by Gasteiger charge is -2.27. The van der Waals surface area contributed by atoms with Gasteiger partial charge in [0.25, 0.3) is 0 Å². The summed E-state index contributed by atoms with van der Waals surface area (Å²) in [6, 6.07) is 3.33. The Morgan fingerprint density at radius 2 is 1.61 bits per heavy atom. The van der Waals surface area contributed by atoms with Gasteiger partial charge in [-0.3, -0.25) is 20.4 Å². The van der Waals surface area contributed by atoms with Crippen molar-refractivity contribution in [1.82, 2.24) is 15.6 Å². The van der Waals surface area contributed by atoms with Gasteiger partial charge in [0.2, 0.25) is 21.8 Å². The molecule has 0 spiro atoms. The second-order valence-corrected chi connectivity index (χ2v) is 9.99. The van der Waals surface area contributed by atoms with E-state index in [9.17, 15) is 31.2 Å². The molecular formula is C20H28F3N3O4S. The zero-order chi connectivity index (χ0) is 23.2. The molecule has 3 N–H and O–H groups in total. The van der Waals surface area contributed by atoms with E-state index in [1.165, 1.54) is 0 Å². The Morgan fingerprint density at radius 3 is 2.13 bits per heavy atom. The Morgan fingerprint density at radius 1 is 1.03 bits per heavy atom. The second-order valence-electron chi connectivity index (χ2n) is 8.23. The van der Waals surface area contributed by atoms with Crippen molar-refractivity contribution in [2.75, 3.05) is 6.54 Å². The number of alkyl halides is 3. The molecule has 1 saturated carbocycles. The van der Waals surface area contributed by atoms with E-state index in [1.807, 2.05) is 13.8 Å². The number of amides is 2. The molecule has 1 aliphatic carbocycles. The van der Waals surface area contributed by atoms with Gasteiger partial charge in [-0.2, -0.15) is 13.2 Å². The van der Waals surface area contributed by atoms with E-state index in [2.05, 4.69) is 15.6 Å². The zero-order valence-electron chi connectivity index (χ0n) is 17.5. The third kappa shape index (κ3) is 7.80. The van der Waals surface area contributed by atoms with Gasteiger partial charge in [0.05, 0.1) is 10.5 Å². The standard InChI is InChI=1S/C20H28F3N3O4S/c1-13(2)11-18(27)25-26-19(28)15-5-3-14(4-6-15)12-24-31(29,30)17-9-7-16(8-10-17)20(21,22)23/h7-10,13-15,24H,3-6,11-12H2,1-2H3,(H,25,27)(H,26,28). The smallest absolute Gasteiger partial charge is 0.273 e. The SMILES string of the molecule is CC(C)CC(=O)NNC(=O)C1CCC(CNS(=O)(=O)c2ccc(C(F)(F)F)cc2)CC1. The fourth-order valence-corrected chi connectivity index (χ4v) is 4.53. The molecule has 0 unspecified atom stereocenters. The summed E-state index contributed by atoms with van der Waals surface area (Å²) in [6.45, 7) is 3.94. The molecule has 0 heterocycles. The average Bonchev–Trinajstić information content (AvgIpc) is 2.70. The first-order chi connectivity index (χ1) is 14.4. The third-order valence-corrected chi connectivity index (χ3v) is 6.63. The highest BCUT2D eigenvalue weighted by Gasteiger charge is 2.31. The highest BCUT2D eigenvalue weighted by atomic mass is 32.2. The molecule has 31 heavy (non-hydrogen) atoms. The van der Waals surface area contributed by atoms with Gasteiger partial charge in [0.1, 0.15) is 0 Å². The average molecular weight is 464 g/mol. The Labute approximate surface area is 180 Å². The number of halogens is 3. The van der Waals surface area contributed by atoms with Crippen molar-refractivity contribution >= 4 is 21.8 Å². The monoisotopic (exact) mass is 463 g/mol. The van der Waals surface area contributed by atoms with Gasteiger partial charge in [0.15, 0.2) is 0 Å². The molecule has 0 bridgehead atoms. The summed E-state index contributed by atoms with van der Waals surface area (Å²) in [5.41, 5.74) is 3.92. The molecule has 1 aliphatic rings. The van der Waals surface area contributed by atoms with E-state index in [1.54, 1.807) is 0 Å². The molecule has 11 heteroatoms. The minimum absolute atomic E-state index is 0.0174. The Kier molecular flexibility index (Phi) is 8.47. The molecule has 0 atom stereocenters. The van der Waals surface area contributed by atoms with Crippen LogP contribution >= 0.6 is 0 Å². The highest BCUT2D eigenvalue weighted by molar-refractivity contribution is 7.89. The van der Waals surface area contributed by atoms with Crippen LogP contribution in [0.25, 0.3) is 0 Å². The first-order valence-corrected chi connectivity index (χ1v) is 11.6. The van der Waals surface area contributed by atoms with Crippen LogP contribution in [0.3, 0.4) is 0 Å². The van der Waals surface area contributed by atoms with E-state index in [0.717, 1.165) is 24.3 Å². The lowest BCUT2D eigenvalue weighted by atomic mass is 9.82. The number of hydrogen-bond acceptors (Lipinski definition) is 4. The summed E-state index contributed by atoms with van der Waals surface area (Å²) in [4.78, 5) is 23.6. The molecule has 0 aliphatic heterocycles. The van der Waals surface area contributed by atoms with E-state index in [-0.39, 0.29) is 41.0 Å². The van der Waals surface area contributed by atoms with Gasteiger partial charge in [-0.25, -0.2) is 13.1 Å². The topological polar surface area (TPSA) is 104 Å². The van der Waals surface area contributed by atoms with Crippen LogP contribution in [0.4, 0.5) is 13.2 Å². The van der Waals surface area contributed by atoms with Crippen molar-refractivity contribution in [3.63, 3.8) is 0 Å². The van der Waals surface area contributed by atoms with Crippen LogP contribution in [0.15, 0.2) is 29.2 Å². The lowest BCUT2D eigenvalue weighted by molar-refractivity contribution is -0.137. The first kappa shape index (κ1) is 25.1. The molecule has 1 aromatic rings. The van der Waals surface area contributed by atoms with Gasteiger partial charge in [-0.05, 0) is 61.8 Å².